The Balaban J connectivity index is 2.48. The molecule has 94 valence electrons. The van der Waals surface area contributed by atoms with E-state index in [4.69, 9.17) is 5.73 Å². The maximum atomic E-state index is 12.9. The summed E-state index contributed by atoms with van der Waals surface area (Å²) in [5.41, 5.74) is 6.33. The molecule has 17 heavy (non-hydrogen) atoms. The minimum atomic E-state index is -0.244. The van der Waals surface area contributed by atoms with Crippen LogP contribution >= 0.6 is 0 Å². The number of carbonyl (C=O) groups is 1. The lowest BCUT2D eigenvalue weighted by Crippen LogP contribution is -2.36. The van der Waals surface area contributed by atoms with Crippen molar-refractivity contribution in [2.24, 2.45) is 11.7 Å². The number of rotatable bonds is 5. The molecule has 0 aliphatic carbocycles. The van der Waals surface area contributed by atoms with Crippen LogP contribution in [0.3, 0.4) is 0 Å². The fourth-order valence-corrected chi connectivity index (χ4v) is 1.58. The van der Waals surface area contributed by atoms with E-state index in [-0.39, 0.29) is 17.6 Å². The number of hydrogen-bond donors (Lipinski definition) is 1. The van der Waals surface area contributed by atoms with Crippen LogP contribution in [0.25, 0.3) is 0 Å². The molecule has 3 nitrogen and oxygen atoms in total. The zero-order valence-corrected chi connectivity index (χ0v) is 10.3. The van der Waals surface area contributed by atoms with Crippen LogP contribution in [0.1, 0.15) is 12.5 Å². The third kappa shape index (κ3) is 4.15. The summed E-state index contributed by atoms with van der Waals surface area (Å²) >= 11 is 0. The standard InChI is InChI=1S/C13H19FN2O/c1-10(9-15)13(17)16(2)7-6-11-4-3-5-12(14)8-11/h3-5,8,10H,6-7,9,15H2,1-2H3. The summed E-state index contributed by atoms with van der Waals surface area (Å²) in [6.07, 6.45) is 0.650. The average Bonchev–Trinajstić information content (AvgIpc) is 2.34. The second-order valence-corrected chi connectivity index (χ2v) is 4.28. The monoisotopic (exact) mass is 238 g/mol. The first-order valence-electron chi connectivity index (χ1n) is 5.74. The molecule has 2 N–H and O–H groups in total. The summed E-state index contributed by atoms with van der Waals surface area (Å²) in [6.45, 7) is 2.73. The van der Waals surface area contributed by atoms with Gasteiger partial charge in [-0.2, -0.15) is 0 Å². The average molecular weight is 238 g/mol. The molecular formula is C13H19FN2O. The van der Waals surface area contributed by atoms with Crippen LogP contribution < -0.4 is 5.73 Å². The Bertz CT molecular complexity index is 381. The van der Waals surface area contributed by atoms with Gasteiger partial charge in [-0.25, -0.2) is 4.39 Å². The van der Waals surface area contributed by atoms with Gasteiger partial charge in [0.25, 0.3) is 0 Å². The number of halogens is 1. The molecule has 1 aromatic carbocycles. The van der Waals surface area contributed by atoms with E-state index >= 15 is 0 Å². The lowest BCUT2D eigenvalue weighted by atomic mass is 10.1. The van der Waals surface area contributed by atoms with Crippen LogP contribution in [0.2, 0.25) is 0 Å². The zero-order valence-electron chi connectivity index (χ0n) is 10.3. The predicted octanol–water partition coefficient (Wildman–Crippen LogP) is 1.42. The number of nitrogens with zero attached hydrogens (tertiary/aromatic N) is 1. The molecule has 1 amide bonds. The van der Waals surface area contributed by atoms with Crippen molar-refractivity contribution in [3.63, 3.8) is 0 Å². The number of benzene rings is 1. The molecule has 1 unspecified atom stereocenters. The number of carbonyl (C=O) groups excluding carboxylic acids is 1. The maximum absolute atomic E-state index is 12.9. The Hall–Kier alpha value is -1.42. The molecule has 0 bridgehead atoms. The maximum Gasteiger partial charge on any atom is 0.226 e. The van der Waals surface area contributed by atoms with Gasteiger partial charge in [0.05, 0.1) is 0 Å². The van der Waals surface area contributed by atoms with Crippen molar-refractivity contribution in [1.29, 1.82) is 0 Å². The van der Waals surface area contributed by atoms with Crippen molar-refractivity contribution >= 4 is 5.91 Å². The fraction of sp³-hybridized carbons (Fsp3) is 0.462. The van der Waals surface area contributed by atoms with Gasteiger partial charge in [0.1, 0.15) is 5.82 Å². The molecule has 0 heterocycles. The van der Waals surface area contributed by atoms with Gasteiger partial charge in [-0.15, -0.1) is 0 Å². The first-order valence-corrected chi connectivity index (χ1v) is 5.74. The van der Waals surface area contributed by atoms with Crippen molar-refractivity contribution in [1.82, 2.24) is 4.90 Å². The number of nitrogens with two attached hydrogens (primary N) is 1. The third-order valence-electron chi connectivity index (χ3n) is 2.78. The van der Waals surface area contributed by atoms with Gasteiger partial charge in [0.2, 0.25) is 5.91 Å². The molecule has 0 saturated carbocycles. The second kappa shape index (κ2) is 6.35. The molecule has 0 fully saturated rings. The topological polar surface area (TPSA) is 46.3 Å². The smallest absolute Gasteiger partial charge is 0.226 e. The number of amides is 1. The van der Waals surface area contributed by atoms with Crippen molar-refractivity contribution in [3.05, 3.63) is 35.6 Å². The van der Waals surface area contributed by atoms with Crippen LogP contribution in [-0.2, 0) is 11.2 Å². The highest BCUT2D eigenvalue weighted by molar-refractivity contribution is 5.78. The van der Waals surface area contributed by atoms with Crippen molar-refractivity contribution in [2.75, 3.05) is 20.1 Å². The predicted molar refractivity (Wildman–Crippen MR) is 66.0 cm³/mol. The largest absolute Gasteiger partial charge is 0.345 e. The van der Waals surface area contributed by atoms with Crippen LogP contribution in [0.15, 0.2) is 24.3 Å². The molecule has 4 heteroatoms. The number of likely N-dealkylation sites (N-methyl/N-ethyl adjacent to an activating group) is 1. The molecule has 0 aliphatic heterocycles. The lowest BCUT2D eigenvalue weighted by molar-refractivity contribution is -0.133. The van der Waals surface area contributed by atoms with Crippen molar-refractivity contribution in [2.45, 2.75) is 13.3 Å². The zero-order chi connectivity index (χ0) is 12.8. The van der Waals surface area contributed by atoms with Crippen LogP contribution in [-0.4, -0.2) is 30.9 Å². The molecule has 0 radical (unpaired) electrons. The Morgan fingerprint density at radius 3 is 2.82 bits per heavy atom. The van der Waals surface area contributed by atoms with Gasteiger partial charge in [-0.1, -0.05) is 19.1 Å². The molecule has 1 aromatic rings. The lowest BCUT2D eigenvalue weighted by Gasteiger charge is -2.20. The highest BCUT2D eigenvalue weighted by atomic mass is 19.1. The van der Waals surface area contributed by atoms with E-state index in [1.54, 1.807) is 24.9 Å². The Labute approximate surface area is 101 Å². The van der Waals surface area contributed by atoms with Gasteiger partial charge in [-0.3, -0.25) is 4.79 Å². The normalized spacial score (nSPS) is 12.2. The summed E-state index contributed by atoms with van der Waals surface area (Å²) in [4.78, 5) is 13.4. The first-order chi connectivity index (χ1) is 8.04. The first kappa shape index (κ1) is 13.6. The van der Waals surface area contributed by atoms with Crippen LogP contribution in [0.4, 0.5) is 4.39 Å². The highest BCUT2D eigenvalue weighted by Crippen LogP contribution is 2.06. The van der Waals surface area contributed by atoms with Crippen LogP contribution in [0, 0.1) is 11.7 Å². The van der Waals surface area contributed by atoms with E-state index in [0.29, 0.717) is 19.5 Å². The second-order valence-electron chi connectivity index (χ2n) is 4.28. The quantitative estimate of drug-likeness (QED) is 0.843. The van der Waals surface area contributed by atoms with Crippen molar-refractivity contribution in [3.8, 4) is 0 Å². The van der Waals surface area contributed by atoms with E-state index in [9.17, 15) is 9.18 Å². The highest BCUT2D eigenvalue weighted by Gasteiger charge is 2.15. The molecule has 0 aliphatic rings. The molecule has 0 spiro atoms. The minimum Gasteiger partial charge on any atom is -0.345 e. The molecule has 1 atom stereocenters. The molecular weight excluding hydrogens is 219 g/mol. The van der Waals surface area contributed by atoms with Gasteiger partial charge in [0, 0.05) is 26.1 Å². The van der Waals surface area contributed by atoms with E-state index in [1.165, 1.54) is 12.1 Å². The van der Waals surface area contributed by atoms with Gasteiger partial charge >= 0.3 is 0 Å². The number of hydrogen-bond acceptors (Lipinski definition) is 2. The van der Waals surface area contributed by atoms with Crippen LogP contribution in [0.5, 0.6) is 0 Å². The molecule has 0 saturated heterocycles. The summed E-state index contributed by atoms with van der Waals surface area (Å²) in [5, 5.41) is 0. The van der Waals surface area contributed by atoms with E-state index in [0.717, 1.165) is 5.56 Å². The fourth-order valence-electron chi connectivity index (χ4n) is 1.58. The van der Waals surface area contributed by atoms with Gasteiger partial charge < -0.3 is 10.6 Å². The molecule has 1 rings (SSSR count). The Morgan fingerprint density at radius 2 is 2.24 bits per heavy atom. The van der Waals surface area contributed by atoms with E-state index < -0.39 is 0 Å². The summed E-state index contributed by atoms with van der Waals surface area (Å²) in [5.74, 6) is -0.372. The Morgan fingerprint density at radius 1 is 1.53 bits per heavy atom. The summed E-state index contributed by atoms with van der Waals surface area (Å²) in [7, 11) is 1.74. The van der Waals surface area contributed by atoms with E-state index in [1.807, 2.05) is 6.07 Å². The molecule has 0 aromatic heterocycles. The van der Waals surface area contributed by atoms with Gasteiger partial charge in [0.15, 0.2) is 0 Å². The van der Waals surface area contributed by atoms with Gasteiger partial charge in [-0.05, 0) is 24.1 Å². The Kier molecular flexibility index (Phi) is 5.10. The SMILES string of the molecule is CC(CN)C(=O)N(C)CCc1cccc(F)c1. The minimum absolute atomic E-state index is 0.0314. The van der Waals surface area contributed by atoms with E-state index in [2.05, 4.69) is 0 Å². The summed E-state index contributed by atoms with van der Waals surface area (Å²) < 4.78 is 12.9. The van der Waals surface area contributed by atoms with Crippen molar-refractivity contribution < 1.29 is 9.18 Å². The third-order valence-corrected chi connectivity index (χ3v) is 2.78. The summed E-state index contributed by atoms with van der Waals surface area (Å²) in [6, 6.07) is 6.43.